The molecule has 2 aromatic rings. The Balaban J connectivity index is 1.83. The topological polar surface area (TPSA) is 35.5 Å². The standard InChI is InChI=1S/C25H28O3/c1-18(2)25-19(3)22(15-26)23(27-16-20-10-6-4-7-11-20)14-24(25)28-17-21-12-8-5-9-13-21/h4-15,18-19,25H,16-17H2,1-3H3. The molecular weight excluding hydrogens is 348 g/mol. The first-order valence-electron chi connectivity index (χ1n) is 9.84. The minimum absolute atomic E-state index is 0.0408. The number of hydrogen-bond acceptors (Lipinski definition) is 3. The van der Waals surface area contributed by atoms with E-state index in [-0.39, 0.29) is 11.8 Å². The summed E-state index contributed by atoms with van der Waals surface area (Å²) >= 11 is 0. The molecule has 0 aliphatic heterocycles. The van der Waals surface area contributed by atoms with Crippen molar-refractivity contribution in [1.82, 2.24) is 0 Å². The summed E-state index contributed by atoms with van der Waals surface area (Å²) in [7, 11) is 0. The highest BCUT2D eigenvalue weighted by Gasteiger charge is 2.34. The van der Waals surface area contributed by atoms with Gasteiger partial charge in [-0.2, -0.15) is 0 Å². The van der Waals surface area contributed by atoms with Gasteiger partial charge in [0.05, 0.1) is 0 Å². The third kappa shape index (κ3) is 4.72. The SMILES string of the molecule is CC(C)C1C(OCc2ccccc2)=CC(OCc2ccccc2)=C(C=O)C1C. The zero-order chi connectivity index (χ0) is 19.9. The number of rotatable bonds is 8. The van der Waals surface area contributed by atoms with Gasteiger partial charge in [-0.15, -0.1) is 0 Å². The molecule has 28 heavy (non-hydrogen) atoms. The molecule has 3 nitrogen and oxygen atoms in total. The third-order valence-electron chi connectivity index (χ3n) is 5.25. The Bertz CT molecular complexity index is 835. The number of hydrogen-bond donors (Lipinski definition) is 0. The molecule has 2 aromatic carbocycles. The van der Waals surface area contributed by atoms with Crippen molar-refractivity contribution >= 4 is 6.29 Å². The average Bonchev–Trinajstić information content (AvgIpc) is 2.71. The van der Waals surface area contributed by atoms with Gasteiger partial charge in [0.2, 0.25) is 0 Å². The molecule has 2 atom stereocenters. The van der Waals surface area contributed by atoms with Crippen LogP contribution in [0.2, 0.25) is 0 Å². The predicted octanol–water partition coefficient (Wildman–Crippen LogP) is 5.68. The lowest BCUT2D eigenvalue weighted by Gasteiger charge is -2.34. The van der Waals surface area contributed by atoms with Gasteiger partial charge in [-0.25, -0.2) is 0 Å². The van der Waals surface area contributed by atoms with E-state index in [1.165, 1.54) is 0 Å². The van der Waals surface area contributed by atoms with Crippen molar-refractivity contribution in [3.63, 3.8) is 0 Å². The molecule has 0 N–H and O–H groups in total. The van der Waals surface area contributed by atoms with Gasteiger partial charge in [-0.1, -0.05) is 81.4 Å². The van der Waals surface area contributed by atoms with Crippen LogP contribution < -0.4 is 0 Å². The molecule has 0 spiro atoms. The van der Waals surface area contributed by atoms with Crippen LogP contribution in [-0.4, -0.2) is 6.29 Å². The quantitative estimate of drug-likeness (QED) is 0.556. The summed E-state index contributed by atoms with van der Waals surface area (Å²) in [4.78, 5) is 11.8. The zero-order valence-corrected chi connectivity index (χ0v) is 16.8. The second-order valence-corrected chi connectivity index (χ2v) is 7.59. The third-order valence-corrected chi connectivity index (χ3v) is 5.25. The summed E-state index contributed by atoms with van der Waals surface area (Å²) in [6.45, 7) is 7.34. The molecule has 0 saturated carbocycles. The zero-order valence-electron chi connectivity index (χ0n) is 16.8. The van der Waals surface area contributed by atoms with E-state index in [4.69, 9.17) is 9.47 Å². The lowest BCUT2D eigenvalue weighted by atomic mass is 9.75. The molecule has 0 amide bonds. The lowest BCUT2D eigenvalue weighted by molar-refractivity contribution is -0.105. The first kappa shape index (κ1) is 19.9. The van der Waals surface area contributed by atoms with Crippen LogP contribution in [0.3, 0.4) is 0 Å². The van der Waals surface area contributed by atoms with E-state index in [0.717, 1.165) is 23.2 Å². The fourth-order valence-electron chi connectivity index (χ4n) is 3.78. The summed E-state index contributed by atoms with van der Waals surface area (Å²) in [5.41, 5.74) is 2.90. The molecule has 0 heterocycles. The second kappa shape index (κ2) is 9.41. The summed E-state index contributed by atoms with van der Waals surface area (Å²) in [5, 5.41) is 0. The monoisotopic (exact) mass is 376 g/mol. The van der Waals surface area contributed by atoms with E-state index in [2.05, 4.69) is 32.9 Å². The van der Waals surface area contributed by atoms with Crippen LogP contribution in [0, 0.1) is 17.8 Å². The molecular formula is C25H28O3. The number of ether oxygens (including phenoxy) is 2. The lowest BCUT2D eigenvalue weighted by Crippen LogP contribution is -2.28. The predicted molar refractivity (Wildman–Crippen MR) is 111 cm³/mol. The molecule has 0 radical (unpaired) electrons. The highest BCUT2D eigenvalue weighted by atomic mass is 16.5. The maximum atomic E-state index is 11.8. The number of benzene rings is 2. The normalized spacial score (nSPS) is 19.4. The minimum atomic E-state index is 0.0408. The Morgan fingerprint density at radius 2 is 1.43 bits per heavy atom. The average molecular weight is 376 g/mol. The Morgan fingerprint density at radius 1 is 0.893 bits per heavy atom. The molecule has 3 heteroatoms. The summed E-state index contributed by atoms with van der Waals surface area (Å²) < 4.78 is 12.3. The second-order valence-electron chi connectivity index (χ2n) is 7.59. The van der Waals surface area contributed by atoms with Crippen LogP contribution in [0.5, 0.6) is 0 Å². The Labute approximate surface area is 167 Å². The van der Waals surface area contributed by atoms with Crippen molar-refractivity contribution in [1.29, 1.82) is 0 Å². The maximum Gasteiger partial charge on any atom is 0.150 e. The molecule has 3 rings (SSSR count). The van der Waals surface area contributed by atoms with Gasteiger partial charge in [0, 0.05) is 17.6 Å². The van der Waals surface area contributed by atoms with Crippen molar-refractivity contribution in [2.45, 2.75) is 34.0 Å². The van der Waals surface area contributed by atoms with E-state index < -0.39 is 0 Å². The minimum Gasteiger partial charge on any atom is -0.493 e. The van der Waals surface area contributed by atoms with Crippen LogP contribution in [0.25, 0.3) is 0 Å². The van der Waals surface area contributed by atoms with E-state index in [1.54, 1.807) is 0 Å². The van der Waals surface area contributed by atoms with E-state index in [0.29, 0.717) is 30.5 Å². The smallest absolute Gasteiger partial charge is 0.150 e. The van der Waals surface area contributed by atoms with Crippen molar-refractivity contribution in [3.05, 3.63) is 95.0 Å². The molecule has 0 aromatic heterocycles. The Kier molecular flexibility index (Phi) is 6.70. The van der Waals surface area contributed by atoms with Crippen molar-refractivity contribution in [3.8, 4) is 0 Å². The van der Waals surface area contributed by atoms with Gasteiger partial charge in [0.1, 0.15) is 31.0 Å². The van der Waals surface area contributed by atoms with E-state index >= 15 is 0 Å². The highest BCUT2D eigenvalue weighted by molar-refractivity contribution is 5.76. The van der Waals surface area contributed by atoms with Gasteiger partial charge < -0.3 is 9.47 Å². The molecule has 0 fully saturated rings. The van der Waals surface area contributed by atoms with Gasteiger partial charge in [-0.05, 0) is 23.0 Å². The van der Waals surface area contributed by atoms with Crippen LogP contribution in [0.4, 0.5) is 0 Å². The van der Waals surface area contributed by atoms with Gasteiger partial charge in [0.15, 0.2) is 0 Å². The largest absolute Gasteiger partial charge is 0.493 e. The Morgan fingerprint density at radius 3 is 1.93 bits per heavy atom. The summed E-state index contributed by atoms with van der Waals surface area (Å²) in [6, 6.07) is 20.1. The van der Waals surface area contributed by atoms with Crippen LogP contribution in [0.15, 0.2) is 83.8 Å². The van der Waals surface area contributed by atoms with Gasteiger partial charge in [-0.3, -0.25) is 4.79 Å². The van der Waals surface area contributed by atoms with Gasteiger partial charge in [0.25, 0.3) is 0 Å². The van der Waals surface area contributed by atoms with Crippen LogP contribution >= 0.6 is 0 Å². The van der Waals surface area contributed by atoms with Crippen molar-refractivity contribution in [2.24, 2.45) is 17.8 Å². The summed E-state index contributed by atoms with van der Waals surface area (Å²) in [6.07, 6.45) is 2.85. The Hall–Kier alpha value is -2.81. The van der Waals surface area contributed by atoms with Crippen LogP contribution in [-0.2, 0) is 27.5 Å². The molecule has 1 aliphatic rings. The van der Waals surface area contributed by atoms with Crippen molar-refractivity contribution in [2.75, 3.05) is 0 Å². The fraction of sp³-hybridized carbons (Fsp3) is 0.320. The molecule has 2 unspecified atom stereocenters. The van der Waals surface area contributed by atoms with Crippen LogP contribution in [0.1, 0.15) is 31.9 Å². The fourth-order valence-corrected chi connectivity index (χ4v) is 3.78. The van der Waals surface area contributed by atoms with E-state index in [1.807, 2.05) is 54.6 Å². The first-order chi connectivity index (χ1) is 13.6. The number of allylic oxidation sites excluding steroid dienone is 3. The molecule has 0 bridgehead atoms. The molecule has 0 saturated heterocycles. The molecule has 1 aliphatic carbocycles. The number of carbonyl (C=O) groups is 1. The number of aldehydes is 1. The maximum absolute atomic E-state index is 11.8. The van der Waals surface area contributed by atoms with Crippen molar-refractivity contribution < 1.29 is 14.3 Å². The van der Waals surface area contributed by atoms with E-state index in [9.17, 15) is 4.79 Å². The summed E-state index contributed by atoms with van der Waals surface area (Å²) in [5.74, 6) is 2.04. The number of carbonyl (C=O) groups excluding carboxylic acids is 1. The van der Waals surface area contributed by atoms with Gasteiger partial charge >= 0.3 is 0 Å². The first-order valence-corrected chi connectivity index (χ1v) is 9.84. The highest BCUT2D eigenvalue weighted by Crippen LogP contribution is 2.39. The molecule has 146 valence electrons.